The van der Waals surface area contributed by atoms with Gasteiger partial charge in [-0.25, -0.2) is 4.57 Å². The minimum absolute atomic E-state index is 0.453. The molecule has 2 heteroatoms. The van der Waals surface area contributed by atoms with Crippen molar-refractivity contribution in [3.8, 4) is 17.0 Å². The number of aryl methyl sites for hydroxylation is 2. The molecular formula is C16H16NO+. The molecule has 2 atom stereocenters. The zero-order valence-corrected chi connectivity index (χ0v) is 10.7. The lowest BCUT2D eigenvalue weighted by Gasteiger charge is -2.11. The van der Waals surface area contributed by atoms with E-state index < -0.39 is 0 Å². The van der Waals surface area contributed by atoms with Gasteiger partial charge in [0.2, 0.25) is 5.69 Å². The summed E-state index contributed by atoms with van der Waals surface area (Å²) in [5.74, 6) is 1.78. The van der Waals surface area contributed by atoms with Gasteiger partial charge in [0.15, 0.2) is 6.20 Å². The Morgan fingerprint density at radius 3 is 2.94 bits per heavy atom. The van der Waals surface area contributed by atoms with E-state index in [2.05, 4.69) is 55.1 Å². The van der Waals surface area contributed by atoms with Gasteiger partial charge in [-0.05, 0) is 25.0 Å². The van der Waals surface area contributed by atoms with Gasteiger partial charge in [0.05, 0.1) is 5.56 Å². The van der Waals surface area contributed by atoms with E-state index in [4.69, 9.17) is 4.74 Å². The van der Waals surface area contributed by atoms with Gasteiger partial charge in [0.25, 0.3) is 0 Å². The van der Waals surface area contributed by atoms with Crippen LogP contribution in [0.1, 0.15) is 23.5 Å². The van der Waals surface area contributed by atoms with Crippen molar-refractivity contribution in [2.24, 2.45) is 7.05 Å². The summed E-state index contributed by atoms with van der Waals surface area (Å²) in [6.07, 6.45) is 3.75. The molecule has 90 valence electrons. The third-order valence-corrected chi connectivity index (χ3v) is 4.11. The average Bonchev–Trinajstić information content (AvgIpc) is 3.03. The van der Waals surface area contributed by atoms with E-state index in [1.807, 2.05) is 0 Å². The van der Waals surface area contributed by atoms with Crippen LogP contribution in [0.3, 0.4) is 0 Å². The molecular weight excluding hydrogens is 222 g/mol. The van der Waals surface area contributed by atoms with Crippen LogP contribution in [-0.4, -0.2) is 6.10 Å². The smallest absolute Gasteiger partial charge is 0.216 e. The molecule has 2 unspecified atom stereocenters. The van der Waals surface area contributed by atoms with E-state index in [0.717, 1.165) is 5.75 Å². The number of rotatable bonds is 1. The van der Waals surface area contributed by atoms with Crippen molar-refractivity contribution in [1.82, 2.24) is 0 Å². The second-order valence-corrected chi connectivity index (χ2v) is 5.37. The van der Waals surface area contributed by atoms with Gasteiger partial charge in [-0.15, -0.1) is 0 Å². The average molecular weight is 238 g/mol. The number of hydrogen-bond donors (Lipinski definition) is 0. The molecule has 1 fully saturated rings. The Labute approximate surface area is 107 Å². The predicted octanol–water partition coefficient (Wildman–Crippen LogP) is 2.73. The molecule has 1 aliphatic carbocycles. The number of ether oxygens (including phenoxy) is 1. The zero-order valence-electron chi connectivity index (χ0n) is 10.7. The van der Waals surface area contributed by atoms with Crippen LogP contribution >= 0.6 is 0 Å². The van der Waals surface area contributed by atoms with E-state index >= 15 is 0 Å². The standard InChI is InChI=1S/C16H16NO/c1-10-6-7-11-12-9-14(12)18-16(11)15(10)13-5-3-4-8-17(13)2/h3-8,12,14H,9H2,1-2H3/q+1. The molecule has 1 aromatic carbocycles. The number of nitrogens with zero attached hydrogens (tertiary/aromatic N) is 1. The molecule has 2 aliphatic rings. The van der Waals surface area contributed by atoms with Crippen LogP contribution in [0.5, 0.6) is 5.75 Å². The summed E-state index contributed by atoms with van der Waals surface area (Å²) in [7, 11) is 2.09. The highest BCUT2D eigenvalue weighted by Crippen LogP contribution is 2.56. The predicted molar refractivity (Wildman–Crippen MR) is 69.6 cm³/mol. The summed E-state index contributed by atoms with van der Waals surface area (Å²) >= 11 is 0. The Morgan fingerprint density at radius 2 is 2.11 bits per heavy atom. The molecule has 0 radical (unpaired) electrons. The molecule has 0 saturated heterocycles. The first-order chi connectivity index (χ1) is 8.75. The van der Waals surface area contributed by atoms with Crippen LogP contribution < -0.4 is 9.30 Å². The minimum Gasteiger partial charge on any atom is -0.489 e. The van der Waals surface area contributed by atoms with Gasteiger partial charge in [-0.2, -0.15) is 0 Å². The summed E-state index contributed by atoms with van der Waals surface area (Å²) in [6, 6.07) is 10.8. The van der Waals surface area contributed by atoms with Crippen LogP contribution in [-0.2, 0) is 7.05 Å². The van der Waals surface area contributed by atoms with Crippen molar-refractivity contribution in [2.75, 3.05) is 0 Å². The number of benzene rings is 1. The van der Waals surface area contributed by atoms with Crippen LogP contribution in [0.15, 0.2) is 36.5 Å². The molecule has 1 aliphatic heterocycles. The van der Waals surface area contributed by atoms with Crippen LogP contribution in [0, 0.1) is 6.92 Å². The summed E-state index contributed by atoms with van der Waals surface area (Å²) in [5.41, 5.74) is 5.19. The molecule has 1 aromatic heterocycles. The zero-order chi connectivity index (χ0) is 12.3. The van der Waals surface area contributed by atoms with Crippen LogP contribution in [0.4, 0.5) is 0 Å². The van der Waals surface area contributed by atoms with Crippen LogP contribution in [0.25, 0.3) is 11.3 Å². The SMILES string of the molecule is Cc1ccc2c(c1-c1cccc[n+]1C)OC1CC21. The third-order valence-electron chi connectivity index (χ3n) is 4.11. The van der Waals surface area contributed by atoms with Crippen molar-refractivity contribution in [3.05, 3.63) is 47.7 Å². The topological polar surface area (TPSA) is 13.1 Å². The maximum atomic E-state index is 6.09. The van der Waals surface area contributed by atoms with Crippen molar-refractivity contribution in [3.63, 3.8) is 0 Å². The van der Waals surface area contributed by atoms with E-state index in [1.54, 1.807) is 0 Å². The Kier molecular flexibility index (Phi) is 1.88. The van der Waals surface area contributed by atoms with Crippen molar-refractivity contribution < 1.29 is 9.30 Å². The second kappa shape index (κ2) is 3.35. The van der Waals surface area contributed by atoms with E-state index in [-0.39, 0.29) is 0 Å². The van der Waals surface area contributed by atoms with Gasteiger partial charge in [0, 0.05) is 23.6 Å². The largest absolute Gasteiger partial charge is 0.489 e. The monoisotopic (exact) mass is 238 g/mol. The fourth-order valence-corrected chi connectivity index (χ4v) is 3.00. The number of pyridine rings is 1. The highest BCUT2D eigenvalue weighted by molar-refractivity contribution is 5.73. The molecule has 18 heavy (non-hydrogen) atoms. The van der Waals surface area contributed by atoms with Gasteiger partial charge in [-0.1, -0.05) is 12.1 Å². The number of hydrogen-bond acceptors (Lipinski definition) is 1. The minimum atomic E-state index is 0.453. The van der Waals surface area contributed by atoms with Crippen molar-refractivity contribution in [1.29, 1.82) is 0 Å². The lowest BCUT2D eigenvalue weighted by atomic mass is 9.98. The molecule has 2 heterocycles. The number of aromatic nitrogens is 1. The van der Waals surface area contributed by atoms with Crippen molar-refractivity contribution >= 4 is 0 Å². The fourth-order valence-electron chi connectivity index (χ4n) is 3.00. The van der Waals surface area contributed by atoms with Crippen molar-refractivity contribution in [2.45, 2.75) is 25.4 Å². The quantitative estimate of drug-likeness (QED) is 0.696. The van der Waals surface area contributed by atoms with E-state index in [0.29, 0.717) is 12.0 Å². The highest BCUT2D eigenvalue weighted by atomic mass is 16.5. The molecule has 0 bridgehead atoms. The molecule has 2 nitrogen and oxygen atoms in total. The molecule has 0 spiro atoms. The Bertz CT molecular complexity index is 648. The summed E-state index contributed by atoms with van der Waals surface area (Å²) in [4.78, 5) is 0. The van der Waals surface area contributed by atoms with Crippen LogP contribution in [0.2, 0.25) is 0 Å². The normalized spacial score (nSPS) is 23.2. The molecule has 2 aromatic rings. The van der Waals surface area contributed by atoms with Gasteiger partial charge in [0.1, 0.15) is 18.9 Å². The van der Waals surface area contributed by atoms with E-state index in [1.165, 1.54) is 28.8 Å². The Balaban J connectivity index is 1.98. The first kappa shape index (κ1) is 10.1. The summed E-state index contributed by atoms with van der Waals surface area (Å²) in [6.45, 7) is 2.16. The lowest BCUT2D eigenvalue weighted by Crippen LogP contribution is -2.30. The highest BCUT2D eigenvalue weighted by Gasteiger charge is 2.49. The molecule has 0 amide bonds. The molecule has 1 saturated carbocycles. The Morgan fingerprint density at radius 1 is 1.22 bits per heavy atom. The maximum Gasteiger partial charge on any atom is 0.216 e. The molecule has 0 N–H and O–H groups in total. The maximum absolute atomic E-state index is 6.09. The Hall–Kier alpha value is -1.83. The van der Waals surface area contributed by atoms with Gasteiger partial charge in [-0.3, -0.25) is 0 Å². The first-order valence-electron chi connectivity index (χ1n) is 6.51. The fraction of sp³-hybridized carbons (Fsp3) is 0.312. The van der Waals surface area contributed by atoms with E-state index in [9.17, 15) is 0 Å². The van der Waals surface area contributed by atoms with Gasteiger partial charge < -0.3 is 4.74 Å². The summed E-state index contributed by atoms with van der Waals surface area (Å²) in [5, 5.41) is 0. The van der Waals surface area contributed by atoms with Gasteiger partial charge >= 0.3 is 0 Å². The lowest BCUT2D eigenvalue weighted by molar-refractivity contribution is -0.660. The summed E-state index contributed by atoms with van der Waals surface area (Å²) < 4.78 is 8.25. The third kappa shape index (κ3) is 1.26. The number of fused-ring (bicyclic) bond motifs is 3. The second-order valence-electron chi connectivity index (χ2n) is 5.37. The molecule has 4 rings (SSSR count). The first-order valence-corrected chi connectivity index (χ1v) is 6.51.